The number of rotatable bonds is 8. The summed E-state index contributed by atoms with van der Waals surface area (Å²) < 4.78 is 0. The molecule has 0 atom stereocenters. The fraction of sp³-hybridized carbons (Fsp3) is 0. The molecule has 2 aromatic heterocycles. The zero-order valence-electron chi connectivity index (χ0n) is 31.3. The maximum Gasteiger partial charge on any atom is 0.164 e. The van der Waals surface area contributed by atoms with E-state index in [-0.39, 0.29) is 0 Å². The molecular formula is C52H34N6. The van der Waals surface area contributed by atoms with Gasteiger partial charge in [0.1, 0.15) is 0 Å². The third kappa shape index (κ3) is 7.02. The molecule has 6 heteroatoms. The average molecular weight is 743 g/mol. The molecule has 0 aliphatic carbocycles. The van der Waals surface area contributed by atoms with Crippen LogP contribution in [0.2, 0.25) is 0 Å². The van der Waals surface area contributed by atoms with Crippen LogP contribution in [0.1, 0.15) is 0 Å². The van der Waals surface area contributed by atoms with Crippen molar-refractivity contribution in [1.82, 2.24) is 29.9 Å². The van der Waals surface area contributed by atoms with Crippen molar-refractivity contribution in [3.63, 3.8) is 0 Å². The smallest absolute Gasteiger partial charge is 0.164 e. The van der Waals surface area contributed by atoms with E-state index in [1.54, 1.807) is 0 Å². The minimum Gasteiger partial charge on any atom is -0.208 e. The van der Waals surface area contributed by atoms with E-state index in [9.17, 15) is 0 Å². The Kier molecular flexibility index (Phi) is 9.10. The summed E-state index contributed by atoms with van der Waals surface area (Å²) >= 11 is 0. The maximum atomic E-state index is 5.18. The molecule has 0 bridgehead atoms. The standard InChI is InChI=1S/C52H34N6/c1-5-17-36(18-6-1)47-53-48(37-19-7-2-8-20-37)56-51(55-47)44-27-15-26-41(33-44)42-30-31-45(43-29-28-35-16-13-14-25-40(35)32-43)46(34-42)52-57-49(38-21-9-3-10-22-38)54-50(58-52)39-23-11-4-12-24-39/h1-34H. The average Bonchev–Trinajstić information content (AvgIpc) is 3.32. The largest absolute Gasteiger partial charge is 0.208 e. The van der Waals surface area contributed by atoms with E-state index in [0.29, 0.717) is 34.9 Å². The molecule has 0 aliphatic heterocycles. The fourth-order valence-corrected chi connectivity index (χ4v) is 7.22. The number of hydrogen-bond acceptors (Lipinski definition) is 6. The van der Waals surface area contributed by atoms with Gasteiger partial charge in [0.25, 0.3) is 0 Å². The lowest BCUT2D eigenvalue weighted by Gasteiger charge is -2.15. The van der Waals surface area contributed by atoms with Crippen molar-refractivity contribution in [3.8, 4) is 90.6 Å². The van der Waals surface area contributed by atoms with Crippen LogP contribution in [-0.4, -0.2) is 29.9 Å². The molecule has 8 aromatic carbocycles. The van der Waals surface area contributed by atoms with Crippen molar-refractivity contribution in [2.45, 2.75) is 0 Å². The van der Waals surface area contributed by atoms with Crippen molar-refractivity contribution < 1.29 is 0 Å². The highest BCUT2D eigenvalue weighted by atomic mass is 15.0. The van der Waals surface area contributed by atoms with Crippen LogP contribution in [0.5, 0.6) is 0 Å². The van der Waals surface area contributed by atoms with Crippen molar-refractivity contribution in [2.75, 3.05) is 0 Å². The van der Waals surface area contributed by atoms with E-state index in [1.807, 2.05) is 121 Å². The van der Waals surface area contributed by atoms with Gasteiger partial charge in [0.2, 0.25) is 0 Å². The predicted octanol–water partition coefficient (Wildman–Crippen LogP) is 12.5. The molecule has 0 aliphatic rings. The monoisotopic (exact) mass is 742 g/mol. The van der Waals surface area contributed by atoms with Crippen LogP contribution >= 0.6 is 0 Å². The lowest BCUT2D eigenvalue weighted by atomic mass is 9.92. The zero-order chi connectivity index (χ0) is 38.7. The van der Waals surface area contributed by atoms with Crippen molar-refractivity contribution >= 4 is 10.8 Å². The number of fused-ring (bicyclic) bond motifs is 1. The quantitative estimate of drug-likeness (QED) is 0.154. The summed E-state index contributed by atoms with van der Waals surface area (Å²) in [5.41, 5.74) is 9.57. The molecule has 10 rings (SSSR count). The van der Waals surface area contributed by atoms with E-state index in [2.05, 4.69) is 84.9 Å². The number of nitrogens with zero attached hydrogens (tertiary/aromatic N) is 6. The van der Waals surface area contributed by atoms with Crippen LogP contribution in [-0.2, 0) is 0 Å². The first-order chi connectivity index (χ1) is 28.7. The Morgan fingerprint density at radius 3 is 1.09 bits per heavy atom. The van der Waals surface area contributed by atoms with Gasteiger partial charge in [-0.05, 0) is 51.2 Å². The van der Waals surface area contributed by atoms with Gasteiger partial charge in [0.05, 0.1) is 0 Å². The van der Waals surface area contributed by atoms with Crippen LogP contribution in [0.15, 0.2) is 206 Å². The molecule has 6 nitrogen and oxygen atoms in total. The molecule has 10 aromatic rings. The minimum atomic E-state index is 0.589. The Morgan fingerprint density at radius 1 is 0.190 bits per heavy atom. The van der Waals surface area contributed by atoms with E-state index in [1.165, 1.54) is 5.39 Å². The summed E-state index contributed by atoms with van der Waals surface area (Å²) in [6.07, 6.45) is 0. The second-order valence-corrected chi connectivity index (χ2v) is 14.0. The summed E-state index contributed by atoms with van der Waals surface area (Å²) in [6, 6.07) is 70.2. The number of benzene rings is 8. The highest BCUT2D eigenvalue weighted by molar-refractivity contribution is 5.92. The molecule has 0 amide bonds. The van der Waals surface area contributed by atoms with E-state index in [4.69, 9.17) is 29.9 Å². The summed E-state index contributed by atoms with van der Waals surface area (Å²) in [7, 11) is 0. The van der Waals surface area contributed by atoms with E-state index in [0.717, 1.165) is 61.0 Å². The molecule has 0 N–H and O–H groups in total. The molecule has 0 saturated carbocycles. The Balaban J connectivity index is 1.15. The zero-order valence-corrected chi connectivity index (χ0v) is 31.3. The van der Waals surface area contributed by atoms with Gasteiger partial charge in [-0.1, -0.05) is 188 Å². The van der Waals surface area contributed by atoms with Crippen molar-refractivity contribution in [2.24, 2.45) is 0 Å². The highest BCUT2D eigenvalue weighted by Crippen LogP contribution is 2.38. The first-order valence-corrected chi connectivity index (χ1v) is 19.2. The second-order valence-electron chi connectivity index (χ2n) is 14.0. The van der Waals surface area contributed by atoms with Gasteiger partial charge in [0.15, 0.2) is 34.9 Å². The van der Waals surface area contributed by atoms with Gasteiger partial charge in [-0.25, -0.2) is 29.9 Å². The third-order valence-electron chi connectivity index (χ3n) is 10.2. The Labute approximate surface area is 336 Å². The summed E-state index contributed by atoms with van der Waals surface area (Å²) in [6.45, 7) is 0. The van der Waals surface area contributed by atoms with Crippen LogP contribution in [0.25, 0.3) is 101 Å². The molecule has 272 valence electrons. The molecule has 0 radical (unpaired) electrons. The molecule has 0 unspecified atom stereocenters. The van der Waals surface area contributed by atoms with Crippen molar-refractivity contribution in [3.05, 3.63) is 206 Å². The lowest BCUT2D eigenvalue weighted by Crippen LogP contribution is -2.01. The van der Waals surface area contributed by atoms with Crippen molar-refractivity contribution in [1.29, 1.82) is 0 Å². The predicted molar refractivity (Wildman–Crippen MR) is 234 cm³/mol. The summed E-state index contributed by atoms with van der Waals surface area (Å²) in [4.78, 5) is 30.2. The summed E-state index contributed by atoms with van der Waals surface area (Å²) in [5.74, 6) is 3.65. The molecule has 0 fully saturated rings. The fourth-order valence-electron chi connectivity index (χ4n) is 7.22. The topological polar surface area (TPSA) is 77.3 Å². The van der Waals surface area contributed by atoms with E-state index >= 15 is 0 Å². The molecule has 2 heterocycles. The molecule has 0 saturated heterocycles. The van der Waals surface area contributed by atoms with Crippen LogP contribution in [0.4, 0.5) is 0 Å². The van der Waals surface area contributed by atoms with Crippen LogP contribution in [0, 0.1) is 0 Å². The van der Waals surface area contributed by atoms with Gasteiger partial charge in [-0.3, -0.25) is 0 Å². The van der Waals surface area contributed by atoms with E-state index < -0.39 is 0 Å². The van der Waals surface area contributed by atoms with Gasteiger partial charge in [-0.2, -0.15) is 0 Å². The first kappa shape index (κ1) is 34.5. The molecule has 58 heavy (non-hydrogen) atoms. The first-order valence-electron chi connectivity index (χ1n) is 19.2. The van der Waals surface area contributed by atoms with Crippen LogP contribution < -0.4 is 0 Å². The van der Waals surface area contributed by atoms with Gasteiger partial charge >= 0.3 is 0 Å². The van der Waals surface area contributed by atoms with Crippen LogP contribution in [0.3, 0.4) is 0 Å². The Morgan fingerprint density at radius 2 is 0.569 bits per heavy atom. The van der Waals surface area contributed by atoms with Gasteiger partial charge in [-0.15, -0.1) is 0 Å². The Hall–Kier alpha value is -7.96. The van der Waals surface area contributed by atoms with Gasteiger partial charge < -0.3 is 0 Å². The number of hydrogen-bond donors (Lipinski definition) is 0. The normalized spacial score (nSPS) is 11.1. The third-order valence-corrected chi connectivity index (χ3v) is 10.2. The second kappa shape index (κ2) is 15.3. The van der Waals surface area contributed by atoms with Gasteiger partial charge in [0, 0.05) is 33.4 Å². The SMILES string of the molecule is c1ccc(-c2nc(-c3ccccc3)nc(-c3cccc(-c4ccc(-c5ccc6ccccc6c5)c(-c5nc(-c6ccccc6)nc(-c6ccccc6)n5)c4)c3)n2)cc1. The number of aromatic nitrogens is 6. The molecular weight excluding hydrogens is 709 g/mol. The summed E-state index contributed by atoms with van der Waals surface area (Å²) in [5, 5.41) is 2.35. The lowest BCUT2D eigenvalue weighted by molar-refractivity contribution is 1.07. The minimum absolute atomic E-state index is 0.589. The highest BCUT2D eigenvalue weighted by Gasteiger charge is 2.18. The molecule has 0 spiro atoms. The maximum absolute atomic E-state index is 5.18. The Bertz CT molecular complexity index is 2930.